The average molecular weight is 202 g/mol. The Morgan fingerprint density at radius 3 is 2.36 bits per heavy atom. The molecule has 0 N–H and O–H groups in total. The van der Waals surface area contributed by atoms with E-state index in [0.29, 0.717) is 12.2 Å². The van der Waals surface area contributed by atoms with E-state index >= 15 is 0 Å². The summed E-state index contributed by atoms with van der Waals surface area (Å²) in [5.74, 6) is -1.04. The lowest BCUT2D eigenvalue weighted by Crippen LogP contribution is -2.28. The summed E-state index contributed by atoms with van der Waals surface area (Å²) in [5.41, 5.74) is 0.385. The highest BCUT2D eigenvalue weighted by Crippen LogP contribution is 2.08. The Bertz CT molecular complexity index is 208. The van der Waals surface area contributed by atoms with Crippen molar-refractivity contribution in [3.8, 4) is 0 Å². The molecule has 0 unspecified atom stereocenters. The second-order valence-electron chi connectivity index (χ2n) is 3.37. The first kappa shape index (κ1) is 13.1. The van der Waals surface area contributed by atoms with Crippen LogP contribution in [-0.4, -0.2) is 32.1 Å². The first-order chi connectivity index (χ1) is 6.39. The Hall–Kier alpha value is -0.870. The smallest absolute Gasteiger partial charge is 0.333 e. The van der Waals surface area contributed by atoms with Crippen molar-refractivity contribution >= 4 is 5.97 Å². The number of ether oxygens (including phenoxy) is 3. The van der Waals surface area contributed by atoms with Gasteiger partial charge in [0.1, 0.15) is 6.61 Å². The molecule has 0 aliphatic rings. The van der Waals surface area contributed by atoms with Crippen LogP contribution in [0, 0.1) is 0 Å². The van der Waals surface area contributed by atoms with Gasteiger partial charge in [0.2, 0.25) is 0 Å². The summed E-state index contributed by atoms with van der Waals surface area (Å²) < 4.78 is 15.1. The van der Waals surface area contributed by atoms with Crippen LogP contribution in [0.1, 0.15) is 20.8 Å². The molecule has 82 valence electrons. The van der Waals surface area contributed by atoms with Gasteiger partial charge in [0.05, 0.1) is 6.61 Å². The van der Waals surface area contributed by atoms with Crippen molar-refractivity contribution in [3.05, 3.63) is 12.2 Å². The van der Waals surface area contributed by atoms with Crippen LogP contribution in [-0.2, 0) is 19.0 Å². The van der Waals surface area contributed by atoms with Gasteiger partial charge in [0, 0.05) is 12.7 Å². The molecule has 0 aromatic carbocycles. The lowest BCUT2D eigenvalue weighted by Gasteiger charge is -2.23. The van der Waals surface area contributed by atoms with E-state index in [9.17, 15) is 4.79 Å². The van der Waals surface area contributed by atoms with Crippen molar-refractivity contribution < 1.29 is 19.0 Å². The van der Waals surface area contributed by atoms with Gasteiger partial charge in [-0.2, -0.15) is 0 Å². The van der Waals surface area contributed by atoms with Crippen LogP contribution in [0.3, 0.4) is 0 Å². The van der Waals surface area contributed by atoms with Gasteiger partial charge >= 0.3 is 5.97 Å². The zero-order valence-electron chi connectivity index (χ0n) is 9.25. The van der Waals surface area contributed by atoms with Crippen LogP contribution < -0.4 is 0 Å². The standard InChI is InChI=1S/C10H18O4/c1-8(2)9(11)13-6-7-14-10(3,4)12-5/h1,6-7H2,2-5H3. The summed E-state index contributed by atoms with van der Waals surface area (Å²) in [5, 5.41) is 0. The van der Waals surface area contributed by atoms with Gasteiger partial charge in [-0.15, -0.1) is 0 Å². The maximum Gasteiger partial charge on any atom is 0.333 e. The van der Waals surface area contributed by atoms with Crippen molar-refractivity contribution in [2.45, 2.75) is 26.6 Å². The van der Waals surface area contributed by atoms with Crippen LogP contribution in [0.2, 0.25) is 0 Å². The number of methoxy groups -OCH3 is 1. The molecule has 0 heterocycles. The third-order valence-electron chi connectivity index (χ3n) is 1.61. The molecule has 0 aromatic heterocycles. The van der Waals surface area contributed by atoms with Gasteiger partial charge in [-0.1, -0.05) is 6.58 Å². The molecule has 0 fully saturated rings. The van der Waals surface area contributed by atoms with Crippen LogP contribution in [0.15, 0.2) is 12.2 Å². The van der Waals surface area contributed by atoms with Gasteiger partial charge in [-0.25, -0.2) is 4.79 Å². The quantitative estimate of drug-likeness (QED) is 0.283. The zero-order valence-corrected chi connectivity index (χ0v) is 9.25. The van der Waals surface area contributed by atoms with Crippen molar-refractivity contribution in [3.63, 3.8) is 0 Å². The average Bonchev–Trinajstić information content (AvgIpc) is 2.12. The molecule has 0 atom stereocenters. The predicted octanol–water partition coefficient (Wildman–Crippen LogP) is 1.50. The summed E-state index contributed by atoms with van der Waals surface area (Å²) >= 11 is 0. The van der Waals surface area contributed by atoms with E-state index in [1.807, 2.05) is 0 Å². The molecule has 0 saturated carbocycles. The molecule has 0 saturated heterocycles. The van der Waals surface area contributed by atoms with Crippen LogP contribution in [0.25, 0.3) is 0 Å². The second-order valence-corrected chi connectivity index (χ2v) is 3.37. The van der Waals surface area contributed by atoms with Crippen molar-refractivity contribution in [1.82, 2.24) is 0 Å². The summed E-state index contributed by atoms with van der Waals surface area (Å²) in [6.45, 7) is 9.14. The lowest BCUT2D eigenvalue weighted by molar-refractivity contribution is -0.203. The first-order valence-corrected chi connectivity index (χ1v) is 4.41. The Balaban J connectivity index is 3.57. The molecule has 0 amide bonds. The number of esters is 1. The van der Waals surface area contributed by atoms with Crippen LogP contribution in [0.5, 0.6) is 0 Å². The fourth-order valence-corrected chi connectivity index (χ4v) is 0.604. The molecular formula is C10H18O4. The van der Waals surface area contributed by atoms with E-state index in [1.165, 1.54) is 0 Å². The van der Waals surface area contributed by atoms with Gasteiger partial charge in [0.15, 0.2) is 5.79 Å². The molecule has 0 aromatic rings. The normalized spacial score (nSPS) is 11.1. The van der Waals surface area contributed by atoms with E-state index in [0.717, 1.165) is 0 Å². The molecule has 0 spiro atoms. The minimum atomic E-state index is -0.643. The molecule has 0 aliphatic heterocycles. The molecule has 0 aliphatic carbocycles. The van der Waals surface area contributed by atoms with Crippen molar-refractivity contribution in [2.24, 2.45) is 0 Å². The number of carbonyl (C=O) groups excluding carboxylic acids is 1. The minimum Gasteiger partial charge on any atom is -0.460 e. The minimum absolute atomic E-state index is 0.207. The lowest BCUT2D eigenvalue weighted by atomic mass is 10.4. The highest BCUT2D eigenvalue weighted by atomic mass is 16.7. The molecule has 4 heteroatoms. The summed E-state index contributed by atoms with van der Waals surface area (Å²) in [4.78, 5) is 10.9. The largest absolute Gasteiger partial charge is 0.460 e. The van der Waals surface area contributed by atoms with E-state index < -0.39 is 11.8 Å². The number of rotatable bonds is 6. The van der Waals surface area contributed by atoms with E-state index in [2.05, 4.69) is 6.58 Å². The highest BCUT2D eigenvalue weighted by molar-refractivity contribution is 5.86. The summed E-state index contributed by atoms with van der Waals surface area (Å²) in [7, 11) is 1.56. The summed E-state index contributed by atoms with van der Waals surface area (Å²) in [6.07, 6.45) is 0. The molecule has 0 radical (unpaired) electrons. The van der Waals surface area contributed by atoms with Gasteiger partial charge in [-0.3, -0.25) is 0 Å². The Morgan fingerprint density at radius 2 is 1.93 bits per heavy atom. The SMILES string of the molecule is C=C(C)C(=O)OCCOC(C)(C)OC. The van der Waals surface area contributed by atoms with Gasteiger partial charge < -0.3 is 14.2 Å². The first-order valence-electron chi connectivity index (χ1n) is 4.41. The third kappa shape index (κ3) is 5.72. The van der Waals surface area contributed by atoms with Crippen LogP contribution in [0.4, 0.5) is 0 Å². The Labute approximate surface area is 84.8 Å². The number of carbonyl (C=O) groups is 1. The van der Waals surface area contributed by atoms with E-state index in [-0.39, 0.29) is 6.61 Å². The fourth-order valence-electron chi connectivity index (χ4n) is 0.604. The zero-order chi connectivity index (χ0) is 11.2. The number of hydrogen-bond donors (Lipinski definition) is 0. The van der Waals surface area contributed by atoms with Gasteiger partial charge in [0.25, 0.3) is 0 Å². The molecule has 4 nitrogen and oxygen atoms in total. The second kappa shape index (κ2) is 5.78. The Kier molecular flexibility index (Phi) is 5.42. The fraction of sp³-hybridized carbons (Fsp3) is 0.700. The van der Waals surface area contributed by atoms with Crippen LogP contribution >= 0.6 is 0 Å². The van der Waals surface area contributed by atoms with E-state index in [4.69, 9.17) is 14.2 Å². The topological polar surface area (TPSA) is 44.8 Å². The molecule has 0 bridgehead atoms. The third-order valence-corrected chi connectivity index (χ3v) is 1.61. The maximum atomic E-state index is 10.9. The Morgan fingerprint density at radius 1 is 1.36 bits per heavy atom. The molecule has 0 rings (SSSR count). The highest BCUT2D eigenvalue weighted by Gasteiger charge is 2.16. The predicted molar refractivity (Wildman–Crippen MR) is 52.8 cm³/mol. The molecular weight excluding hydrogens is 184 g/mol. The number of hydrogen-bond acceptors (Lipinski definition) is 4. The van der Waals surface area contributed by atoms with Gasteiger partial charge in [-0.05, 0) is 20.8 Å². The van der Waals surface area contributed by atoms with Crippen molar-refractivity contribution in [2.75, 3.05) is 20.3 Å². The maximum absolute atomic E-state index is 10.9. The van der Waals surface area contributed by atoms with E-state index in [1.54, 1.807) is 27.9 Å². The monoisotopic (exact) mass is 202 g/mol. The van der Waals surface area contributed by atoms with Crippen molar-refractivity contribution in [1.29, 1.82) is 0 Å². The summed E-state index contributed by atoms with van der Waals surface area (Å²) in [6, 6.07) is 0. The molecule has 14 heavy (non-hydrogen) atoms.